The lowest BCUT2D eigenvalue weighted by Crippen LogP contribution is -2.54. The van der Waals surface area contributed by atoms with Gasteiger partial charge in [0, 0.05) is 18.8 Å². The monoisotopic (exact) mass is 419 g/mol. The van der Waals surface area contributed by atoms with E-state index < -0.39 is 11.8 Å². The van der Waals surface area contributed by atoms with Crippen LogP contribution in [-0.2, 0) is 9.59 Å². The molecule has 2 aromatic carbocycles. The molecule has 2 amide bonds. The average Bonchev–Trinajstić information content (AvgIpc) is 3.22. The van der Waals surface area contributed by atoms with Crippen molar-refractivity contribution >= 4 is 46.6 Å². The lowest BCUT2D eigenvalue weighted by molar-refractivity contribution is -0.122. The SMILES string of the molecule is Cc1ccc(N2C(=O)/C(=C/c3ccc(N4CCCC4)cc3C)C(=O)NC2=S)c(C)c1. The van der Waals surface area contributed by atoms with Crippen LogP contribution in [0, 0.1) is 20.8 Å². The molecule has 2 aromatic rings. The normalized spacial score (nSPS) is 18.4. The summed E-state index contributed by atoms with van der Waals surface area (Å²) in [6.07, 6.45) is 4.10. The van der Waals surface area contributed by atoms with Crippen LogP contribution in [0.2, 0.25) is 0 Å². The summed E-state index contributed by atoms with van der Waals surface area (Å²) in [4.78, 5) is 29.6. The third-order valence-corrected chi connectivity index (χ3v) is 6.00. The topological polar surface area (TPSA) is 52.7 Å². The summed E-state index contributed by atoms with van der Waals surface area (Å²) >= 11 is 5.32. The number of carbonyl (C=O) groups is 2. The van der Waals surface area contributed by atoms with Crippen LogP contribution in [0.15, 0.2) is 42.0 Å². The van der Waals surface area contributed by atoms with E-state index in [0.717, 1.165) is 35.3 Å². The minimum Gasteiger partial charge on any atom is -0.372 e. The number of carbonyl (C=O) groups excluding carboxylic acids is 2. The second-order valence-corrected chi connectivity index (χ2v) is 8.37. The average molecular weight is 420 g/mol. The number of hydrogen-bond acceptors (Lipinski definition) is 4. The quantitative estimate of drug-likeness (QED) is 0.463. The van der Waals surface area contributed by atoms with Crippen LogP contribution in [-0.4, -0.2) is 30.0 Å². The Kier molecular flexibility index (Phi) is 5.43. The highest BCUT2D eigenvalue weighted by molar-refractivity contribution is 7.80. The molecular formula is C24H25N3O2S. The van der Waals surface area contributed by atoms with E-state index in [1.165, 1.54) is 23.4 Å². The standard InChI is InChI=1S/C24H25N3O2S/c1-15-6-9-21(17(3)12-15)27-23(29)20(22(28)25-24(27)30)14-18-7-8-19(13-16(18)2)26-10-4-5-11-26/h6-9,12-14H,4-5,10-11H2,1-3H3,(H,25,28,30)/b20-14+. The lowest BCUT2D eigenvalue weighted by atomic mass is 10.0. The zero-order valence-corrected chi connectivity index (χ0v) is 18.3. The van der Waals surface area contributed by atoms with Crippen molar-refractivity contribution in [3.63, 3.8) is 0 Å². The number of benzene rings is 2. The van der Waals surface area contributed by atoms with Crippen LogP contribution < -0.4 is 15.1 Å². The second kappa shape index (κ2) is 8.03. The van der Waals surface area contributed by atoms with Gasteiger partial charge in [-0.1, -0.05) is 23.8 Å². The summed E-state index contributed by atoms with van der Waals surface area (Å²) in [6.45, 7) is 8.07. The Morgan fingerprint density at radius 3 is 2.37 bits per heavy atom. The summed E-state index contributed by atoms with van der Waals surface area (Å²) in [5.41, 5.74) is 5.85. The molecule has 0 aromatic heterocycles. The molecule has 0 unspecified atom stereocenters. The van der Waals surface area contributed by atoms with Crippen LogP contribution in [0.4, 0.5) is 11.4 Å². The number of nitrogens with zero attached hydrogens (tertiary/aromatic N) is 2. The molecule has 0 radical (unpaired) electrons. The fraction of sp³-hybridized carbons (Fsp3) is 0.292. The predicted molar refractivity (Wildman–Crippen MR) is 125 cm³/mol. The number of aryl methyl sites for hydroxylation is 3. The molecule has 2 aliphatic rings. The smallest absolute Gasteiger partial charge is 0.270 e. The first-order valence-corrected chi connectivity index (χ1v) is 10.6. The van der Waals surface area contributed by atoms with Crippen molar-refractivity contribution in [3.05, 3.63) is 64.2 Å². The molecule has 0 saturated carbocycles. The molecule has 0 atom stereocenters. The van der Waals surface area contributed by atoms with Crippen LogP contribution in [0.3, 0.4) is 0 Å². The minimum absolute atomic E-state index is 0.0839. The highest BCUT2D eigenvalue weighted by atomic mass is 32.1. The predicted octanol–water partition coefficient (Wildman–Crippen LogP) is 4.04. The molecule has 2 aliphatic heterocycles. The van der Waals surface area contributed by atoms with Gasteiger partial charge in [-0.15, -0.1) is 0 Å². The molecule has 2 fully saturated rings. The van der Waals surface area contributed by atoms with Gasteiger partial charge in [0.05, 0.1) is 5.69 Å². The molecule has 5 nitrogen and oxygen atoms in total. The largest absolute Gasteiger partial charge is 0.372 e. The van der Waals surface area contributed by atoms with E-state index in [1.54, 1.807) is 6.08 Å². The van der Waals surface area contributed by atoms with E-state index in [1.807, 2.05) is 45.0 Å². The Morgan fingerprint density at radius 2 is 1.70 bits per heavy atom. The van der Waals surface area contributed by atoms with Crippen molar-refractivity contribution in [1.82, 2.24) is 5.32 Å². The first-order chi connectivity index (χ1) is 14.3. The number of rotatable bonds is 3. The maximum absolute atomic E-state index is 13.3. The van der Waals surface area contributed by atoms with Gasteiger partial charge in [0.25, 0.3) is 11.8 Å². The molecule has 4 rings (SSSR count). The number of nitrogens with one attached hydrogen (secondary N) is 1. The molecule has 154 valence electrons. The number of amides is 2. The molecule has 0 bridgehead atoms. The van der Waals surface area contributed by atoms with Gasteiger partial charge < -0.3 is 4.90 Å². The first-order valence-electron chi connectivity index (χ1n) is 10.2. The van der Waals surface area contributed by atoms with Crippen LogP contribution in [0.25, 0.3) is 6.08 Å². The summed E-state index contributed by atoms with van der Waals surface area (Å²) in [6, 6.07) is 11.9. The number of hydrogen-bond donors (Lipinski definition) is 1. The molecule has 2 heterocycles. The maximum Gasteiger partial charge on any atom is 0.270 e. The van der Waals surface area contributed by atoms with E-state index >= 15 is 0 Å². The molecule has 0 aliphatic carbocycles. The van der Waals surface area contributed by atoms with Crippen LogP contribution >= 0.6 is 12.2 Å². The van der Waals surface area contributed by atoms with E-state index in [-0.39, 0.29) is 10.7 Å². The molecule has 1 N–H and O–H groups in total. The zero-order valence-electron chi connectivity index (χ0n) is 17.5. The van der Waals surface area contributed by atoms with Crippen LogP contribution in [0.5, 0.6) is 0 Å². The molecule has 2 saturated heterocycles. The molecule has 6 heteroatoms. The summed E-state index contributed by atoms with van der Waals surface area (Å²) < 4.78 is 0. The van der Waals surface area contributed by atoms with E-state index in [0.29, 0.717) is 5.69 Å². The van der Waals surface area contributed by atoms with Gasteiger partial charge in [-0.2, -0.15) is 0 Å². The maximum atomic E-state index is 13.3. The summed E-state index contributed by atoms with van der Waals surface area (Å²) in [7, 11) is 0. The van der Waals surface area contributed by atoms with Gasteiger partial charge >= 0.3 is 0 Å². The van der Waals surface area contributed by atoms with Crippen LogP contribution in [0.1, 0.15) is 35.1 Å². The van der Waals surface area contributed by atoms with Crippen molar-refractivity contribution in [3.8, 4) is 0 Å². The Balaban J connectivity index is 1.69. The fourth-order valence-corrected chi connectivity index (χ4v) is 4.36. The molecule has 0 spiro atoms. The highest BCUT2D eigenvalue weighted by Crippen LogP contribution is 2.28. The Labute approximate surface area is 182 Å². The fourth-order valence-electron chi connectivity index (χ4n) is 4.08. The number of thiocarbonyl (C=S) groups is 1. The summed E-state index contributed by atoms with van der Waals surface area (Å²) in [5, 5.41) is 2.77. The first kappa shape index (κ1) is 20.3. The van der Waals surface area contributed by atoms with E-state index in [2.05, 4.69) is 22.3 Å². The zero-order chi connectivity index (χ0) is 21.4. The Bertz CT molecular complexity index is 1080. The van der Waals surface area contributed by atoms with E-state index in [9.17, 15) is 9.59 Å². The van der Waals surface area contributed by atoms with E-state index in [4.69, 9.17) is 12.2 Å². The highest BCUT2D eigenvalue weighted by Gasteiger charge is 2.35. The van der Waals surface area contributed by atoms with Crippen molar-refractivity contribution in [2.24, 2.45) is 0 Å². The Hall–Kier alpha value is -2.99. The molecular weight excluding hydrogens is 394 g/mol. The van der Waals surface area contributed by atoms with Gasteiger partial charge in [0.1, 0.15) is 5.57 Å². The van der Waals surface area contributed by atoms with Gasteiger partial charge in [0.15, 0.2) is 5.11 Å². The summed E-state index contributed by atoms with van der Waals surface area (Å²) in [5.74, 6) is -0.868. The lowest BCUT2D eigenvalue weighted by Gasteiger charge is -2.30. The van der Waals surface area contributed by atoms with Crippen molar-refractivity contribution in [2.75, 3.05) is 22.9 Å². The van der Waals surface area contributed by atoms with Gasteiger partial charge in [0.2, 0.25) is 0 Å². The third kappa shape index (κ3) is 3.75. The van der Waals surface area contributed by atoms with Gasteiger partial charge in [-0.05, 0) is 86.8 Å². The third-order valence-electron chi connectivity index (χ3n) is 5.72. The van der Waals surface area contributed by atoms with Crippen molar-refractivity contribution in [2.45, 2.75) is 33.6 Å². The molecule has 30 heavy (non-hydrogen) atoms. The minimum atomic E-state index is -0.464. The van der Waals surface area contributed by atoms with Gasteiger partial charge in [-0.25, -0.2) is 0 Å². The van der Waals surface area contributed by atoms with Crippen molar-refractivity contribution in [1.29, 1.82) is 0 Å². The number of anilines is 2. The second-order valence-electron chi connectivity index (χ2n) is 7.98. The Morgan fingerprint density at radius 1 is 0.967 bits per heavy atom. The van der Waals surface area contributed by atoms with Gasteiger partial charge in [-0.3, -0.25) is 19.8 Å². The van der Waals surface area contributed by atoms with Crippen molar-refractivity contribution < 1.29 is 9.59 Å².